The zero-order valence-electron chi connectivity index (χ0n) is 18.4. The molecule has 0 aliphatic carbocycles. The predicted molar refractivity (Wildman–Crippen MR) is 127 cm³/mol. The SMILES string of the molecule is CCC1=C(C(=O)NCc2ccc(N3CCN=C(CCOC)N3)cc2)N2C=C(Cl)C=CC2N1. The summed E-state index contributed by atoms with van der Waals surface area (Å²) in [7, 11) is 1.69. The minimum atomic E-state index is -0.117. The fourth-order valence-corrected chi connectivity index (χ4v) is 4.08. The summed E-state index contributed by atoms with van der Waals surface area (Å²) in [5.41, 5.74) is 6.97. The maximum atomic E-state index is 13.0. The molecule has 0 spiro atoms. The third kappa shape index (κ3) is 4.92. The van der Waals surface area contributed by atoms with Gasteiger partial charge in [-0.2, -0.15) is 0 Å². The van der Waals surface area contributed by atoms with Crippen LogP contribution in [-0.4, -0.2) is 49.6 Å². The van der Waals surface area contributed by atoms with E-state index in [0.29, 0.717) is 23.9 Å². The quantitative estimate of drug-likeness (QED) is 0.558. The number of nitrogens with one attached hydrogen (secondary N) is 3. The first-order valence-corrected chi connectivity index (χ1v) is 11.2. The van der Waals surface area contributed by atoms with Crippen molar-refractivity contribution >= 4 is 29.0 Å². The molecule has 3 N–H and O–H groups in total. The van der Waals surface area contributed by atoms with Crippen molar-refractivity contribution in [3.8, 4) is 0 Å². The molecule has 1 aromatic carbocycles. The van der Waals surface area contributed by atoms with Crippen LogP contribution in [0.15, 0.2) is 64.0 Å². The molecule has 32 heavy (non-hydrogen) atoms. The molecule has 0 saturated carbocycles. The maximum absolute atomic E-state index is 13.0. The Labute approximate surface area is 193 Å². The molecular weight excluding hydrogens is 428 g/mol. The first-order valence-electron chi connectivity index (χ1n) is 10.9. The lowest BCUT2D eigenvalue weighted by Crippen LogP contribution is -2.47. The van der Waals surface area contributed by atoms with Crippen LogP contribution in [-0.2, 0) is 16.1 Å². The average molecular weight is 457 g/mol. The summed E-state index contributed by atoms with van der Waals surface area (Å²) in [6.45, 7) is 4.66. The van der Waals surface area contributed by atoms with Crippen LogP contribution in [0.5, 0.6) is 0 Å². The molecule has 0 saturated heterocycles. The number of benzene rings is 1. The Morgan fingerprint density at radius 1 is 1.34 bits per heavy atom. The molecule has 1 aromatic rings. The monoisotopic (exact) mass is 456 g/mol. The standard InChI is InChI=1S/C23H29ClN6O2/c1-3-19-22(29-15-17(24)6-9-21(29)27-19)23(31)26-14-16-4-7-18(8-5-16)30-12-11-25-20(28-30)10-13-32-2/h4-9,15,21,27H,3,10-14H2,1-2H3,(H,25,28)(H,26,31). The topological polar surface area (TPSA) is 81.2 Å². The van der Waals surface area contributed by atoms with E-state index in [1.54, 1.807) is 13.3 Å². The molecule has 0 radical (unpaired) electrons. The molecule has 0 bridgehead atoms. The summed E-state index contributed by atoms with van der Waals surface area (Å²) in [5.74, 6) is 0.813. The number of amidine groups is 1. The van der Waals surface area contributed by atoms with Gasteiger partial charge < -0.3 is 20.3 Å². The minimum Gasteiger partial charge on any atom is -0.384 e. The van der Waals surface area contributed by atoms with E-state index in [1.165, 1.54) is 0 Å². The highest BCUT2D eigenvalue weighted by Gasteiger charge is 2.33. The van der Waals surface area contributed by atoms with Crippen LogP contribution in [0.4, 0.5) is 5.69 Å². The predicted octanol–water partition coefficient (Wildman–Crippen LogP) is 2.57. The number of allylic oxidation sites excluding steroid dienone is 3. The molecular formula is C23H29ClN6O2. The number of ether oxygens (including phenoxy) is 1. The second-order valence-corrected chi connectivity index (χ2v) is 8.17. The van der Waals surface area contributed by atoms with Gasteiger partial charge in [-0.05, 0) is 36.3 Å². The second kappa shape index (κ2) is 10.1. The third-order valence-electron chi connectivity index (χ3n) is 5.57. The Balaban J connectivity index is 1.36. The van der Waals surface area contributed by atoms with Gasteiger partial charge in [0.1, 0.15) is 17.7 Å². The lowest BCUT2D eigenvalue weighted by Gasteiger charge is -2.30. The lowest BCUT2D eigenvalue weighted by atomic mass is 10.2. The summed E-state index contributed by atoms with van der Waals surface area (Å²) in [4.78, 5) is 19.4. The van der Waals surface area contributed by atoms with Crippen LogP contribution in [0.3, 0.4) is 0 Å². The minimum absolute atomic E-state index is 0.0677. The number of hydrogen-bond acceptors (Lipinski definition) is 7. The molecule has 9 heteroatoms. The number of amides is 1. The van der Waals surface area contributed by atoms with E-state index in [-0.39, 0.29) is 12.1 Å². The highest BCUT2D eigenvalue weighted by molar-refractivity contribution is 6.31. The van der Waals surface area contributed by atoms with Crippen molar-refractivity contribution in [1.82, 2.24) is 21.0 Å². The summed E-state index contributed by atoms with van der Waals surface area (Å²) in [6, 6.07) is 8.16. The molecule has 3 heterocycles. The molecule has 1 unspecified atom stereocenters. The number of anilines is 1. The highest BCUT2D eigenvalue weighted by Crippen LogP contribution is 2.28. The van der Waals surface area contributed by atoms with Gasteiger partial charge in [-0.25, -0.2) is 0 Å². The number of fused-ring (bicyclic) bond motifs is 1. The molecule has 1 atom stereocenters. The summed E-state index contributed by atoms with van der Waals surface area (Å²) in [5, 5.41) is 9.11. The van der Waals surface area contributed by atoms with Crippen molar-refractivity contribution in [2.75, 3.05) is 31.8 Å². The van der Waals surface area contributed by atoms with Gasteiger partial charge in [0, 0.05) is 32.0 Å². The van der Waals surface area contributed by atoms with Gasteiger partial charge in [0.2, 0.25) is 0 Å². The number of nitrogens with zero attached hydrogens (tertiary/aromatic N) is 3. The van der Waals surface area contributed by atoms with Gasteiger partial charge in [0.15, 0.2) is 0 Å². The fraction of sp³-hybridized carbons (Fsp3) is 0.391. The van der Waals surface area contributed by atoms with Crippen LogP contribution >= 0.6 is 11.6 Å². The van der Waals surface area contributed by atoms with Gasteiger partial charge >= 0.3 is 0 Å². The van der Waals surface area contributed by atoms with Gasteiger partial charge in [-0.3, -0.25) is 20.2 Å². The van der Waals surface area contributed by atoms with Gasteiger partial charge in [-0.15, -0.1) is 0 Å². The van der Waals surface area contributed by atoms with E-state index in [0.717, 1.165) is 48.7 Å². The Morgan fingerprint density at radius 2 is 2.16 bits per heavy atom. The number of methoxy groups -OCH3 is 1. The Kier molecular flexibility index (Phi) is 7.02. The smallest absolute Gasteiger partial charge is 0.270 e. The van der Waals surface area contributed by atoms with Crippen LogP contribution in [0.2, 0.25) is 0 Å². The van der Waals surface area contributed by atoms with Crippen LogP contribution in [0.1, 0.15) is 25.3 Å². The van der Waals surface area contributed by atoms with Gasteiger partial charge in [0.05, 0.1) is 30.4 Å². The van der Waals surface area contributed by atoms with Crippen LogP contribution in [0, 0.1) is 0 Å². The first kappa shape index (κ1) is 22.2. The highest BCUT2D eigenvalue weighted by atomic mass is 35.5. The largest absolute Gasteiger partial charge is 0.384 e. The van der Waals surface area contributed by atoms with Crippen molar-refractivity contribution in [1.29, 1.82) is 0 Å². The molecule has 0 fully saturated rings. The summed E-state index contributed by atoms with van der Waals surface area (Å²) < 4.78 is 5.14. The zero-order valence-corrected chi connectivity index (χ0v) is 19.2. The van der Waals surface area contributed by atoms with E-state index in [4.69, 9.17) is 16.3 Å². The number of carbonyl (C=O) groups excluding carboxylic acids is 1. The third-order valence-corrected chi connectivity index (χ3v) is 5.79. The molecule has 8 nitrogen and oxygen atoms in total. The molecule has 170 valence electrons. The van der Waals surface area contributed by atoms with Gasteiger partial charge in [0.25, 0.3) is 5.91 Å². The average Bonchev–Trinajstić information content (AvgIpc) is 3.19. The molecule has 0 aromatic heterocycles. The maximum Gasteiger partial charge on any atom is 0.270 e. The fourth-order valence-electron chi connectivity index (χ4n) is 3.90. The van der Waals surface area contributed by atoms with Crippen LogP contribution < -0.4 is 21.1 Å². The Bertz CT molecular complexity index is 969. The number of halogens is 1. The van der Waals surface area contributed by atoms with E-state index in [9.17, 15) is 4.79 Å². The first-order chi connectivity index (χ1) is 15.6. The Morgan fingerprint density at radius 3 is 2.91 bits per heavy atom. The van der Waals surface area contributed by atoms with E-state index in [1.807, 2.05) is 36.1 Å². The van der Waals surface area contributed by atoms with Crippen molar-refractivity contribution in [3.05, 3.63) is 64.6 Å². The molecule has 3 aliphatic rings. The number of rotatable bonds is 8. The molecule has 4 rings (SSSR count). The number of aliphatic imine (C=N–C) groups is 1. The van der Waals surface area contributed by atoms with E-state index in [2.05, 4.69) is 38.2 Å². The van der Waals surface area contributed by atoms with Crippen LogP contribution in [0.25, 0.3) is 0 Å². The summed E-state index contributed by atoms with van der Waals surface area (Å²) >= 11 is 6.16. The molecule has 3 aliphatic heterocycles. The second-order valence-electron chi connectivity index (χ2n) is 7.73. The Hall–Kier alpha value is -2.97. The van der Waals surface area contributed by atoms with Crippen molar-refractivity contribution in [2.45, 2.75) is 32.5 Å². The number of carbonyl (C=O) groups is 1. The van der Waals surface area contributed by atoms with Crippen molar-refractivity contribution < 1.29 is 9.53 Å². The van der Waals surface area contributed by atoms with E-state index < -0.39 is 0 Å². The number of hydrogen-bond donors (Lipinski definition) is 3. The van der Waals surface area contributed by atoms with Crippen molar-refractivity contribution in [3.63, 3.8) is 0 Å². The zero-order chi connectivity index (χ0) is 22.5. The summed E-state index contributed by atoms with van der Waals surface area (Å²) in [6.07, 6.45) is 7.02. The van der Waals surface area contributed by atoms with Gasteiger partial charge in [-0.1, -0.05) is 30.7 Å². The lowest BCUT2D eigenvalue weighted by molar-refractivity contribution is -0.118. The number of hydrazine groups is 1. The molecule has 1 amide bonds. The van der Waals surface area contributed by atoms with E-state index >= 15 is 0 Å². The van der Waals surface area contributed by atoms with Crippen molar-refractivity contribution in [2.24, 2.45) is 4.99 Å². The normalized spacial score (nSPS) is 19.8.